The van der Waals surface area contributed by atoms with Crippen molar-refractivity contribution in [3.05, 3.63) is 64.5 Å². The van der Waals surface area contributed by atoms with Gasteiger partial charge in [0.2, 0.25) is 0 Å². The Labute approximate surface area is 121 Å². The second kappa shape index (κ2) is 6.00. The fourth-order valence-electron chi connectivity index (χ4n) is 2.02. The normalized spacial score (nSPS) is 10.6. The lowest BCUT2D eigenvalue weighted by Crippen LogP contribution is -2.27. The predicted molar refractivity (Wildman–Crippen MR) is 64.6 cm³/mol. The largest absolute Gasteiger partial charge is 0.545 e. The summed E-state index contributed by atoms with van der Waals surface area (Å²) in [6.07, 6.45) is -0.520. The Balaban J connectivity index is 2.72. The number of anilines is 1. The molecule has 0 saturated carbocycles. The number of carboxylic acid groups (broad SMARTS) is 1. The zero-order chi connectivity index (χ0) is 16.4. The van der Waals surface area contributed by atoms with E-state index in [0.717, 1.165) is 0 Å². The van der Waals surface area contributed by atoms with Gasteiger partial charge in [-0.2, -0.15) is 0 Å². The minimum Gasteiger partial charge on any atom is -0.545 e. The molecule has 0 spiro atoms. The summed E-state index contributed by atoms with van der Waals surface area (Å²) in [5, 5.41) is 8.99. The topological polar surface area (TPSA) is 43.4 Å². The molecule has 0 N–H and O–H groups in total. The molecule has 0 radical (unpaired) electrons. The van der Waals surface area contributed by atoms with Crippen LogP contribution in [-0.4, -0.2) is 5.97 Å². The summed E-state index contributed by atoms with van der Waals surface area (Å²) >= 11 is 0. The molecule has 3 nitrogen and oxygen atoms in total. The highest BCUT2D eigenvalue weighted by molar-refractivity contribution is 5.89. The van der Waals surface area contributed by atoms with E-state index in [-0.39, 0.29) is 0 Å². The van der Waals surface area contributed by atoms with Crippen LogP contribution in [0.2, 0.25) is 0 Å². The van der Waals surface area contributed by atoms with Gasteiger partial charge in [0.1, 0.15) is 0 Å². The van der Waals surface area contributed by atoms with E-state index in [1.54, 1.807) is 6.07 Å². The molecule has 0 saturated heterocycles. The van der Waals surface area contributed by atoms with Crippen LogP contribution < -0.4 is 10.5 Å². The van der Waals surface area contributed by atoms with Crippen molar-refractivity contribution in [3.63, 3.8) is 0 Å². The molecule has 0 aliphatic carbocycles. The quantitative estimate of drug-likeness (QED) is 0.495. The first-order valence-corrected chi connectivity index (χ1v) is 5.90. The standard InChI is InChI=1S/C14H8F5NO2/c15-10-8(6-7-4-2-1-3-5-7)9(14(21)22)11(16)12(17)13(10)20(18)19/h1-5H,6H2,(H,21,22)/p-1. The maximum absolute atomic E-state index is 14.1. The van der Waals surface area contributed by atoms with Crippen LogP contribution in [-0.2, 0) is 6.42 Å². The van der Waals surface area contributed by atoms with E-state index in [1.165, 1.54) is 24.3 Å². The molecule has 0 heterocycles. The van der Waals surface area contributed by atoms with Gasteiger partial charge >= 0.3 is 0 Å². The van der Waals surface area contributed by atoms with E-state index < -0.39 is 52.0 Å². The SMILES string of the molecule is O=C([O-])c1c(F)c(F)c(N(F)F)c(F)c1Cc1ccccc1. The molecule has 0 aromatic heterocycles. The van der Waals surface area contributed by atoms with Gasteiger partial charge in [-0.15, -0.1) is 0 Å². The van der Waals surface area contributed by atoms with Crippen molar-refractivity contribution in [1.29, 1.82) is 0 Å². The number of carbonyl (C=O) groups excluding carboxylic acids is 1. The molecule has 0 aliphatic heterocycles. The molecule has 0 amide bonds. The molecule has 2 aromatic carbocycles. The van der Waals surface area contributed by atoms with Crippen LogP contribution in [0.3, 0.4) is 0 Å². The van der Waals surface area contributed by atoms with Crippen LogP contribution in [0, 0.1) is 17.5 Å². The number of nitrogens with zero attached hydrogens (tertiary/aromatic N) is 1. The highest BCUT2D eigenvalue weighted by atomic mass is 19.4. The van der Waals surface area contributed by atoms with Gasteiger partial charge in [0.05, 0.1) is 5.97 Å². The van der Waals surface area contributed by atoms with Crippen molar-refractivity contribution in [2.24, 2.45) is 0 Å². The molecular formula is C14H7F5NO2-. The van der Waals surface area contributed by atoms with Crippen LogP contribution in [0.5, 0.6) is 0 Å². The third-order valence-electron chi connectivity index (χ3n) is 2.99. The summed E-state index contributed by atoms with van der Waals surface area (Å²) in [4.78, 5) is 10.9. The zero-order valence-electron chi connectivity index (χ0n) is 10.7. The first-order valence-electron chi connectivity index (χ1n) is 5.90. The number of benzene rings is 2. The summed E-state index contributed by atoms with van der Waals surface area (Å²) in [6.45, 7) is 0. The minimum absolute atomic E-state index is 0.324. The molecule has 0 aliphatic rings. The first kappa shape index (κ1) is 15.7. The number of aromatic carboxylic acids is 1. The molecule has 8 heteroatoms. The van der Waals surface area contributed by atoms with Crippen molar-refractivity contribution in [2.45, 2.75) is 6.42 Å². The molecule has 0 atom stereocenters. The number of hydrogen-bond donors (Lipinski definition) is 0. The highest BCUT2D eigenvalue weighted by Gasteiger charge is 2.29. The fraction of sp³-hybridized carbons (Fsp3) is 0.0714. The average Bonchev–Trinajstić information content (AvgIpc) is 2.45. The molecule has 2 rings (SSSR count). The lowest BCUT2D eigenvalue weighted by Gasteiger charge is -2.17. The van der Waals surface area contributed by atoms with Crippen molar-refractivity contribution in [1.82, 2.24) is 0 Å². The zero-order valence-corrected chi connectivity index (χ0v) is 10.7. The Kier molecular flexibility index (Phi) is 4.30. The molecule has 0 fully saturated rings. The Hall–Kier alpha value is -2.64. The van der Waals surface area contributed by atoms with Crippen LogP contribution in [0.25, 0.3) is 0 Å². The molecule has 116 valence electrons. The molecule has 22 heavy (non-hydrogen) atoms. The Bertz CT molecular complexity index is 719. The lowest BCUT2D eigenvalue weighted by atomic mass is 9.97. The Morgan fingerprint density at radius 1 is 1.00 bits per heavy atom. The van der Waals surface area contributed by atoms with Crippen molar-refractivity contribution in [3.8, 4) is 0 Å². The van der Waals surface area contributed by atoms with Crippen LogP contribution in [0.1, 0.15) is 21.5 Å². The molecule has 2 aromatic rings. The van der Waals surface area contributed by atoms with E-state index in [4.69, 9.17) is 0 Å². The summed E-state index contributed by atoms with van der Waals surface area (Å²) < 4.78 is 66.3. The average molecular weight is 316 g/mol. The van der Waals surface area contributed by atoms with E-state index in [0.29, 0.717) is 5.56 Å². The van der Waals surface area contributed by atoms with Gasteiger partial charge in [0.15, 0.2) is 23.1 Å². The van der Waals surface area contributed by atoms with Gasteiger partial charge in [-0.25, -0.2) is 13.2 Å². The van der Waals surface area contributed by atoms with Crippen LogP contribution in [0.15, 0.2) is 30.3 Å². The maximum atomic E-state index is 14.1. The second-order valence-corrected chi connectivity index (χ2v) is 4.33. The molecule has 0 unspecified atom stereocenters. The minimum atomic E-state index is -2.29. The van der Waals surface area contributed by atoms with Gasteiger partial charge in [-0.1, -0.05) is 39.3 Å². The van der Waals surface area contributed by atoms with E-state index in [9.17, 15) is 32.0 Å². The van der Waals surface area contributed by atoms with Gasteiger partial charge in [0, 0.05) is 17.5 Å². The number of halogens is 5. The first-order chi connectivity index (χ1) is 10.3. The van der Waals surface area contributed by atoms with Crippen LogP contribution in [0.4, 0.5) is 27.8 Å². The van der Waals surface area contributed by atoms with E-state index >= 15 is 0 Å². The van der Waals surface area contributed by atoms with Gasteiger partial charge in [0.25, 0.3) is 0 Å². The van der Waals surface area contributed by atoms with Gasteiger partial charge in [-0.3, -0.25) is 0 Å². The van der Waals surface area contributed by atoms with Crippen LogP contribution >= 0.6 is 0 Å². The number of carboxylic acids is 1. The summed E-state index contributed by atoms with van der Waals surface area (Å²) in [6, 6.07) is 7.57. The number of carbonyl (C=O) groups is 1. The van der Waals surface area contributed by atoms with Crippen molar-refractivity contribution >= 4 is 11.7 Å². The number of rotatable bonds is 4. The number of hydrogen-bond acceptors (Lipinski definition) is 3. The molecular weight excluding hydrogens is 309 g/mol. The Morgan fingerprint density at radius 3 is 2.09 bits per heavy atom. The molecule has 0 bridgehead atoms. The fourth-order valence-corrected chi connectivity index (χ4v) is 2.02. The lowest BCUT2D eigenvalue weighted by molar-refractivity contribution is -0.255. The smallest absolute Gasteiger partial charge is 0.191 e. The predicted octanol–water partition coefficient (Wildman–Crippen LogP) is 2.63. The van der Waals surface area contributed by atoms with Gasteiger partial charge < -0.3 is 9.90 Å². The highest BCUT2D eigenvalue weighted by Crippen LogP contribution is 2.33. The summed E-state index contributed by atoms with van der Waals surface area (Å²) in [5.74, 6) is -8.44. The van der Waals surface area contributed by atoms with E-state index in [1.807, 2.05) is 0 Å². The van der Waals surface area contributed by atoms with Crippen molar-refractivity contribution < 1.29 is 32.0 Å². The monoisotopic (exact) mass is 316 g/mol. The van der Waals surface area contributed by atoms with Crippen molar-refractivity contribution in [2.75, 3.05) is 5.34 Å². The Morgan fingerprint density at radius 2 is 1.59 bits per heavy atom. The van der Waals surface area contributed by atoms with E-state index in [2.05, 4.69) is 0 Å². The summed E-state index contributed by atoms with van der Waals surface area (Å²) in [5.41, 5.74) is -3.96. The van der Waals surface area contributed by atoms with Gasteiger partial charge in [-0.05, 0) is 10.9 Å². The third kappa shape index (κ3) is 2.72. The third-order valence-corrected chi connectivity index (χ3v) is 2.99. The summed E-state index contributed by atoms with van der Waals surface area (Å²) in [7, 11) is 0. The maximum Gasteiger partial charge on any atom is 0.191 e. The second-order valence-electron chi connectivity index (χ2n) is 4.33.